The van der Waals surface area contributed by atoms with E-state index >= 15 is 0 Å². The van der Waals surface area contributed by atoms with Crippen LogP contribution in [0.5, 0.6) is 0 Å². The average Bonchev–Trinajstić information content (AvgIpc) is 3.33. The minimum Gasteiger partial charge on any atom is -0.477 e. The van der Waals surface area contributed by atoms with Gasteiger partial charge < -0.3 is 5.11 Å². The molecule has 3 aromatic rings. The first-order valence-corrected chi connectivity index (χ1v) is 11.0. The Hall–Kier alpha value is -3.78. The van der Waals surface area contributed by atoms with E-state index in [1.165, 1.54) is 27.5 Å². The highest BCUT2D eigenvalue weighted by atomic mass is 32.1. The van der Waals surface area contributed by atoms with Crippen molar-refractivity contribution in [2.45, 2.75) is 26.7 Å². The van der Waals surface area contributed by atoms with E-state index in [1.54, 1.807) is 19.1 Å². The van der Waals surface area contributed by atoms with Crippen molar-refractivity contribution in [3.8, 4) is 10.4 Å². The van der Waals surface area contributed by atoms with E-state index in [0.717, 1.165) is 34.5 Å². The molecule has 1 aromatic heterocycles. The number of carboxylic acids is 1. The van der Waals surface area contributed by atoms with E-state index in [2.05, 4.69) is 15.6 Å². The zero-order chi connectivity index (χ0) is 22.4. The first-order valence-electron chi connectivity index (χ1n) is 10.2. The lowest BCUT2D eigenvalue weighted by Gasteiger charge is -2.21. The molecule has 0 unspecified atom stereocenters. The van der Waals surface area contributed by atoms with Crippen LogP contribution < -0.4 is 10.4 Å². The van der Waals surface area contributed by atoms with Gasteiger partial charge in [-0.05, 0) is 85.3 Å². The quantitative estimate of drug-likeness (QED) is 0.557. The molecule has 0 bridgehead atoms. The third-order valence-electron chi connectivity index (χ3n) is 5.56. The van der Waals surface area contributed by atoms with Gasteiger partial charge in [0.2, 0.25) is 0 Å². The number of carbonyl (C=O) groups is 2. The number of rotatable bonds is 5. The van der Waals surface area contributed by atoms with Crippen LogP contribution in [-0.2, 0) is 17.6 Å². The Labute approximate surface area is 188 Å². The molecule has 2 aliphatic rings. The largest absolute Gasteiger partial charge is 0.477 e. The van der Waals surface area contributed by atoms with Gasteiger partial charge in [0.25, 0.3) is 0 Å². The predicted octanol–water partition coefficient (Wildman–Crippen LogP) is 4.71. The smallest absolute Gasteiger partial charge is 0.345 e. The summed E-state index contributed by atoms with van der Waals surface area (Å²) in [6.07, 6.45) is 2.12. The molecule has 1 aliphatic heterocycles. The summed E-state index contributed by atoms with van der Waals surface area (Å²) in [5, 5.41) is 19.3. The van der Waals surface area contributed by atoms with Crippen molar-refractivity contribution in [1.82, 2.24) is 0 Å². The molecule has 1 amide bonds. The number of anilines is 2. The molecule has 0 spiro atoms. The fraction of sp³-hybridized carbons (Fsp3) is 0.167. The third-order valence-corrected chi connectivity index (χ3v) is 6.68. The van der Waals surface area contributed by atoms with Crippen molar-refractivity contribution in [3.63, 3.8) is 0 Å². The number of amides is 1. The van der Waals surface area contributed by atoms with Crippen molar-refractivity contribution >= 4 is 46.0 Å². The van der Waals surface area contributed by atoms with Crippen LogP contribution in [0.4, 0.5) is 11.4 Å². The first kappa shape index (κ1) is 20.1. The van der Waals surface area contributed by atoms with Crippen LogP contribution >= 0.6 is 11.3 Å². The van der Waals surface area contributed by atoms with Crippen LogP contribution in [0.25, 0.3) is 10.4 Å². The minimum atomic E-state index is -0.939. The van der Waals surface area contributed by atoms with Crippen LogP contribution in [0.2, 0.25) is 0 Å². The predicted molar refractivity (Wildman–Crippen MR) is 127 cm³/mol. The summed E-state index contributed by atoms with van der Waals surface area (Å²) in [5.74, 6) is -1.21. The second-order valence-corrected chi connectivity index (χ2v) is 8.97. The number of carbonyl (C=O) groups excluding carboxylic acids is 1. The molecule has 0 saturated carbocycles. The van der Waals surface area contributed by atoms with Gasteiger partial charge in [0.1, 0.15) is 4.88 Å². The Balaban J connectivity index is 1.38. The monoisotopic (exact) mass is 444 g/mol. The maximum Gasteiger partial charge on any atom is 0.345 e. The normalized spacial score (nSPS) is 16.1. The van der Waals surface area contributed by atoms with Crippen molar-refractivity contribution in [2.75, 3.05) is 10.4 Å². The Bertz CT molecular complexity index is 1340. The van der Waals surface area contributed by atoms with E-state index in [-0.39, 0.29) is 16.5 Å². The molecule has 2 N–H and O–H groups in total. The number of aryl methyl sites for hydroxylation is 3. The molecular weight excluding hydrogens is 424 g/mol. The summed E-state index contributed by atoms with van der Waals surface area (Å²) in [6, 6.07) is 15.2. The summed E-state index contributed by atoms with van der Waals surface area (Å²) >= 11 is 1.22. The van der Waals surface area contributed by atoms with Gasteiger partial charge in [0.15, 0.2) is 5.71 Å². The molecule has 2 aromatic carbocycles. The molecule has 2 heterocycles. The lowest BCUT2D eigenvalue weighted by molar-refractivity contribution is -0.112. The number of aromatic carboxylic acids is 1. The van der Waals surface area contributed by atoms with Gasteiger partial charge in [-0.3, -0.25) is 10.2 Å². The van der Waals surface area contributed by atoms with Crippen molar-refractivity contribution in [2.24, 2.45) is 10.2 Å². The van der Waals surface area contributed by atoms with Crippen LogP contribution in [0.3, 0.4) is 0 Å². The zero-order valence-electron chi connectivity index (χ0n) is 17.5. The highest BCUT2D eigenvalue weighted by Crippen LogP contribution is 2.32. The SMILES string of the molecule is CC1=NN(c2ccc3c(c2)CC3)C(=O)/C1=N\Nc1cc(C)cc(-c2ccc(C(=O)O)s2)c1. The van der Waals surface area contributed by atoms with E-state index in [1.807, 2.05) is 43.3 Å². The first-order chi connectivity index (χ1) is 15.4. The maximum absolute atomic E-state index is 13.0. The fourth-order valence-electron chi connectivity index (χ4n) is 3.83. The number of hydrogen-bond acceptors (Lipinski definition) is 6. The number of hydrazone groups is 2. The summed E-state index contributed by atoms with van der Waals surface area (Å²) in [5.41, 5.74) is 9.71. The highest BCUT2D eigenvalue weighted by Gasteiger charge is 2.31. The summed E-state index contributed by atoms with van der Waals surface area (Å²) in [6.45, 7) is 3.72. The highest BCUT2D eigenvalue weighted by molar-refractivity contribution is 7.17. The van der Waals surface area contributed by atoms with Crippen molar-refractivity contribution in [3.05, 3.63) is 70.1 Å². The number of nitrogens with one attached hydrogen (secondary N) is 1. The minimum absolute atomic E-state index is 0.264. The van der Waals surface area contributed by atoms with Gasteiger partial charge in [-0.1, -0.05) is 12.1 Å². The molecule has 160 valence electrons. The molecule has 0 radical (unpaired) electrons. The van der Waals surface area contributed by atoms with E-state index in [0.29, 0.717) is 11.4 Å². The molecule has 0 saturated heterocycles. The summed E-state index contributed by atoms with van der Waals surface area (Å²) in [7, 11) is 0. The molecule has 8 heteroatoms. The molecule has 0 fully saturated rings. The van der Waals surface area contributed by atoms with Gasteiger partial charge in [0.05, 0.1) is 17.1 Å². The lowest BCUT2D eigenvalue weighted by atomic mass is 9.88. The van der Waals surface area contributed by atoms with Crippen molar-refractivity contribution < 1.29 is 14.7 Å². The van der Waals surface area contributed by atoms with Gasteiger partial charge in [-0.15, -0.1) is 11.3 Å². The van der Waals surface area contributed by atoms with E-state index in [9.17, 15) is 14.7 Å². The molecule has 7 nitrogen and oxygen atoms in total. The summed E-state index contributed by atoms with van der Waals surface area (Å²) < 4.78 is 0. The van der Waals surface area contributed by atoms with E-state index < -0.39 is 5.97 Å². The second-order valence-electron chi connectivity index (χ2n) is 7.88. The van der Waals surface area contributed by atoms with Gasteiger partial charge in [-0.2, -0.15) is 15.2 Å². The van der Waals surface area contributed by atoms with Crippen LogP contribution in [-0.4, -0.2) is 28.4 Å². The Kier molecular flexibility index (Phi) is 4.86. The average molecular weight is 445 g/mol. The van der Waals surface area contributed by atoms with Crippen molar-refractivity contribution in [1.29, 1.82) is 0 Å². The van der Waals surface area contributed by atoms with Crippen LogP contribution in [0, 0.1) is 6.92 Å². The standard InChI is InChI=1S/C24H20N4O3S/c1-13-9-17(20-7-8-21(32-20)24(30)31)11-18(10-13)25-26-22-14(2)27-28(23(22)29)19-6-5-15-3-4-16(15)12-19/h5-12,25H,3-4H2,1-2H3,(H,30,31)/b26-22-. The number of thiophene rings is 1. The van der Waals surface area contributed by atoms with E-state index in [4.69, 9.17) is 0 Å². The molecule has 5 rings (SSSR count). The van der Waals surface area contributed by atoms with Crippen LogP contribution in [0.15, 0.2) is 58.7 Å². The molecule has 32 heavy (non-hydrogen) atoms. The topological polar surface area (TPSA) is 94.4 Å². The van der Waals surface area contributed by atoms with Gasteiger partial charge >= 0.3 is 11.9 Å². The number of hydrogen-bond donors (Lipinski definition) is 2. The molecular formula is C24H20N4O3S. The number of nitrogens with zero attached hydrogens (tertiary/aromatic N) is 3. The Morgan fingerprint density at radius 1 is 1.09 bits per heavy atom. The fourth-order valence-corrected chi connectivity index (χ4v) is 4.67. The third kappa shape index (κ3) is 3.58. The lowest BCUT2D eigenvalue weighted by Crippen LogP contribution is -2.28. The van der Waals surface area contributed by atoms with Crippen LogP contribution in [0.1, 0.15) is 33.3 Å². The zero-order valence-corrected chi connectivity index (χ0v) is 18.4. The number of benzene rings is 2. The molecule has 1 aliphatic carbocycles. The molecule has 0 atom stereocenters. The number of carboxylic acid groups (broad SMARTS) is 1. The number of fused-ring (bicyclic) bond motifs is 1. The van der Waals surface area contributed by atoms with Gasteiger partial charge in [0, 0.05) is 4.88 Å². The Morgan fingerprint density at radius 2 is 1.91 bits per heavy atom. The van der Waals surface area contributed by atoms with Gasteiger partial charge in [-0.25, -0.2) is 4.79 Å². The summed E-state index contributed by atoms with van der Waals surface area (Å²) in [4.78, 5) is 25.3. The second kappa shape index (κ2) is 7.72. The Morgan fingerprint density at radius 3 is 2.59 bits per heavy atom. The maximum atomic E-state index is 13.0.